The monoisotopic (exact) mass is 614 g/mol. The Bertz CT molecular complexity index is 1460. The summed E-state index contributed by atoms with van der Waals surface area (Å²) in [6.07, 6.45) is 2.95. The van der Waals surface area contributed by atoms with Crippen LogP contribution >= 0.6 is 11.6 Å². The number of dihydropyridines is 1. The first-order chi connectivity index (χ1) is 21.4. The summed E-state index contributed by atoms with van der Waals surface area (Å²) in [4.78, 5) is 29.0. The van der Waals surface area contributed by atoms with Crippen LogP contribution in [0.4, 0.5) is 0 Å². The van der Waals surface area contributed by atoms with E-state index in [1.165, 1.54) is 12.8 Å². The molecule has 1 fully saturated rings. The molecular formula is C36H39ClN2O5. The average Bonchev–Trinajstić information content (AvgIpc) is 3.55. The van der Waals surface area contributed by atoms with Gasteiger partial charge in [0.05, 0.1) is 42.6 Å². The summed E-state index contributed by atoms with van der Waals surface area (Å²) in [6.45, 7) is 5.41. The SMILES string of the molecule is CC1=C(C(=O)O)C(c2cccc(Cl)c2)C(C(=O)OCCC(c2ccccc2)c2ccccc2)=C(COCCN2CCCC2)N1. The fourth-order valence-electron chi connectivity index (χ4n) is 6.17. The largest absolute Gasteiger partial charge is 0.478 e. The first kappa shape index (κ1) is 31.5. The maximum Gasteiger partial charge on any atom is 0.336 e. The van der Waals surface area contributed by atoms with Gasteiger partial charge in [0.15, 0.2) is 0 Å². The van der Waals surface area contributed by atoms with Crippen molar-refractivity contribution < 1.29 is 24.2 Å². The van der Waals surface area contributed by atoms with Gasteiger partial charge in [-0.05, 0) is 68.1 Å². The number of hydrogen-bond donors (Lipinski definition) is 2. The second kappa shape index (κ2) is 15.2. The number of nitrogens with one attached hydrogen (secondary N) is 1. The number of carboxylic acid groups (broad SMARTS) is 1. The lowest BCUT2D eigenvalue weighted by Gasteiger charge is -2.31. The summed E-state index contributed by atoms with van der Waals surface area (Å²) in [5, 5.41) is 13.9. The highest BCUT2D eigenvalue weighted by Crippen LogP contribution is 2.40. The van der Waals surface area contributed by atoms with Crippen molar-refractivity contribution in [1.29, 1.82) is 0 Å². The third-order valence-corrected chi connectivity index (χ3v) is 8.55. The van der Waals surface area contributed by atoms with Crippen LogP contribution in [0.25, 0.3) is 0 Å². The molecule has 0 spiro atoms. The molecule has 0 saturated carbocycles. The van der Waals surface area contributed by atoms with Crippen molar-refractivity contribution in [1.82, 2.24) is 10.2 Å². The van der Waals surface area contributed by atoms with E-state index in [0.29, 0.717) is 35.0 Å². The summed E-state index contributed by atoms with van der Waals surface area (Å²) >= 11 is 6.35. The second-order valence-corrected chi connectivity index (χ2v) is 11.7. The normalized spacial score (nSPS) is 17.2. The van der Waals surface area contributed by atoms with E-state index < -0.39 is 17.9 Å². The Morgan fingerprint density at radius 1 is 0.932 bits per heavy atom. The lowest BCUT2D eigenvalue weighted by atomic mass is 9.80. The molecule has 1 atom stereocenters. The zero-order chi connectivity index (χ0) is 30.9. The molecule has 0 bridgehead atoms. The molecule has 2 heterocycles. The molecular weight excluding hydrogens is 576 g/mol. The number of likely N-dealkylation sites (tertiary alicyclic amines) is 1. The van der Waals surface area contributed by atoms with Gasteiger partial charge in [-0.1, -0.05) is 84.4 Å². The fraction of sp³-hybridized carbons (Fsp3) is 0.333. The molecule has 8 heteroatoms. The molecule has 3 aromatic carbocycles. The molecule has 2 N–H and O–H groups in total. The van der Waals surface area contributed by atoms with Gasteiger partial charge in [0.25, 0.3) is 0 Å². The van der Waals surface area contributed by atoms with Crippen LogP contribution < -0.4 is 5.32 Å². The minimum atomic E-state index is -1.12. The Balaban J connectivity index is 1.41. The molecule has 0 radical (unpaired) electrons. The van der Waals surface area contributed by atoms with Crippen LogP contribution in [0.2, 0.25) is 5.02 Å². The van der Waals surface area contributed by atoms with E-state index in [2.05, 4.69) is 34.5 Å². The molecule has 2 aliphatic rings. The predicted octanol–water partition coefficient (Wildman–Crippen LogP) is 6.52. The topological polar surface area (TPSA) is 88.1 Å². The van der Waals surface area contributed by atoms with E-state index in [-0.39, 0.29) is 30.3 Å². The number of ether oxygens (including phenoxy) is 2. The maximum absolute atomic E-state index is 14.0. The van der Waals surface area contributed by atoms with Crippen LogP contribution in [0.1, 0.15) is 54.7 Å². The number of carboxylic acids is 1. The van der Waals surface area contributed by atoms with Crippen molar-refractivity contribution in [3.63, 3.8) is 0 Å². The van der Waals surface area contributed by atoms with E-state index in [1.807, 2.05) is 36.4 Å². The Morgan fingerprint density at radius 2 is 1.59 bits per heavy atom. The number of allylic oxidation sites excluding steroid dienone is 1. The fourth-order valence-corrected chi connectivity index (χ4v) is 6.37. The molecule has 0 aromatic heterocycles. The lowest BCUT2D eigenvalue weighted by molar-refractivity contribution is -0.139. The van der Waals surface area contributed by atoms with Crippen LogP contribution in [0.3, 0.4) is 0 Å². The zero-order valence-electron chi connectivity index (χ0n) is 25.0. The standard InChI is InChI=1S/C36H39ClN2O5/c1-25-32(35(40)41)33(28-15-10-16-29(37)23-28)34(31(38-25)24-43-22-20-39-18-8-9-19-39)36(42)44-21-17-30(26-11-4-2-5-12-26)27-13-6-3-7-14-27/h2-7,10-16,23,30,33,38H,8-9,17-22,24H2,1H3,(H,40,41). The van der Waals surface area contributed by atoms with Gasteiger partial charge in [0.1, 0.15) is 0 Å². The highest BCUT2D eigenvalue weighted by Gasteiger charge is 2.38. The van der Waals surface area contributed by atoms with Gasteiger partial charge in [0.2, 0.25) is 0 Å². The summed E-state index contributed by atoms with van der Waals surface area (Å²) in [6, 6.07) is 27.3. The third-order valence-electron chi connectivity index (χ3n) is 8.32. The Hall–Kier alpha value is -3.91. The molecule has 2 aliphatic heterocycles. The smallest absolute Gasteiger partial charge is 0.336 e. The number of carbonyl (C=O) groups is 2. The number of nitrogens with zero attached hydrogens (tertiary/aromatic N) is 1. The minimum Gasteiger partial charge on any atom is -0.478 e. The third kappa shape index (κ3) is 7.78. The summed E-state index contributed by atoms with van der Waals surface area (Å²) in [5.74, 6) is -2.55. The highest BCUT2D eigenvalue weighted by molar-refractivity contribution is 6.30. The summed E-state index contributed by atoms with van der Waals surface area (Å²) < 4.78 is 12.0. The average molecular weight is 615 g/mol. The maximum atomic E-state index is 14.0. The molecule has 7 nitrogen and oxygen atoms in total. The van der Waals surface area contributed by atoms with E-state index in [4.69, 9.17) is 21.1 Å². The van der Waals surface area contributed by atoms with Crippen molar-refractivity contribution in [2.45, 2.75) is 38.0 Å². The zero-order valence-corrected chi connectivity index (χ0v) is 25.8. The molecule has 5 rings (SSSR count). The molecule has 44 heavy (non-hydrogen) atoms. The van der Waals surface area contributed by atoms with Gasteiger partial charge in [-0.25, -0.2) is 9.59 Å². The van der Waals surface area contributed by atoms with Crippen LogP contribution in [0.5, 0.6) is 0 Å². The van der Waals surface area contributed by atoms with Crippen LogP contribution in [0.15, 0.2) is 107 Å². The number of hydrogen-bond acceptors (Lipinski definition) is 6. The van der Waals surface area contributed by atoms with Gasteiger partial charge in [-0.2, -0.15) is 0 Å². The van der Waals surface area contributed by atoms with Gasteiger partial charge in [-0.3, -0.25) is 0 Å². The first-order valence-corrected chi connectivity index (χ1v) is 15.6. The minimum absolute atomic E-state index is 0.0255. The van der Waals surface area contributed by atoms with Crippen molar-refractivity contribution >= 4 is 23.5 Å². The number of carbonyl (C=O) groups excluding carboxylic acids is 1. The van der Waals surface area contributed by atoms with E-state index in [0.717, 1.165) is 30.8 Å². The summed E-state index contributed by atoms with van der Waals surface area (Å²) in [5.41, 5.74) is 4.12. The molecule has 1 unspecified atom stereocenters. The van der Waals surface area contributed by atoms with Crippen molar-refractivity contribution in [2.24, 2.45) is 0 Å². The van der Waals surface area contributed by atoms with Gasteiger partial charge >= 0.3 is 11.9 Å². The Kier molecular flexibility index (Phi) is 10.9. The highest BCUT2D eigenvalue weighted by atomic mass is 35.5. The quantitative estimate of drug-likeness (QED) is 0.167. The van der Waals surface area contributed by atoms with E-state index in [9.17, 15) is 14.7 Å². The van der Waals surface area contributed by atoms with Crippen molar-refractivity contribution in [3.05, 3.63) is 129 Å². The molecule has 0 amide bonds. The Labute approximate surface area is 264 Å². The number of esters is 1. The Morgan fingerprint density at radius 3 is 2.20 bits per heavy atom. The van der Waals surface area contributed by atoms with Gasteiger partial charge in [-0.15, -0.1) is 0 Å². The second-order valence-electron chi connectivity index (χ2n) is 11.2. The number of rotatable bonds is 13. The van der Waals surface area contributed by atoms with Crippen molar-refractivity contribution in [2.75, 3.05) is 39.5 Å². The first-order valence-electron chi connectivity index (χ1n) is 15.2. The van der Waals surface area contributed by atoms with E-state index >= 15 is 0 Å². The molecule has 230 valence electrons. The molecule has 3 aromatic rings. The van der Waals surface area contributed by atoms with Crippen LogP contribution in [0, 0.1) is 0 Å². The molecule has 0 aliphatic carbocycles. The lowest BCUT2D eigenvalue weighted by Crippen LogP contribution is -2.35. The number of aliphatic carboxylic acids is 1. The predicted molar refractivity (Wildman–Crippen MR) is 171 cm³/mol. The van der Waals surface area contributed by atoms with E-state index in [1.54, 1.807) is 31.2 Å². The van der Waals surface area contributed by atoms with Crippen molar-refractivity contribution in [3.8, 4) is 0 Å². The number of halogens is 1. The molecule has 1 saturated heterocycles. The van der Waals surface area contributed by atoms with Crippen LogP contribution in [-0.2, 0) is 19.1 Å². The van der Waals surface area contributed by atoms with Gasteiger partial charge in [0, 0.05) is 23.2 Å². The number of benzene rings is 3. The van der Waals surface area contributed by atoms with Crippen LogP contribution in [-0.4, -0.2) is 61.4 Å². The summed E-state index contributed by atoms with van der Waals surface area (Å²) in [7, 11) is 0. The van der Waals surface area contributed by atoms with Gasteiger partial charge < -0.3 is 24.8 Å².